The normalized spacial score (nSPS) is 9.33. The lowest BCUT2D eigenvalue weighted by atomic mass is 10.1. The fourth-order valence-corrected chi connectivity index (χ4v) is 1.18. The third kappa shape index (κ3) is 3.47. The van der Waals surface area contributed by atoms with Crippen LogP contribution in [0.5, 0.6) is 5.75 Å². The van der Waals surface area contributed by atoms with E-state index in [1.54, 1.807) is 12.1 Å². The van der Waals surface area contributed by atoms with Crippen molar-refractivity contribution in [2.75, 3.05) is 6.61 Å². The van der Waals surface area contributed by atoms with Gasteiger partial charge in [-0.15, -0.1) is 0 Å². The first-order valence-corrected chi connectivity index (χ1v) is 5.01. The molecule has 77 valence electrons. The second-order valence-electron chi connectivity index (χ2n) is 3.24. The zero-order valence-corrected chi connectivity index (χ0v) is 8.92. The predicted molar refractivity (Wildman–Crippen MR) is 59.5 cm³/mol. The molecule has 0 aromatic heterocycles. The quantitative estimate of drug-likeness (QED) is 0.684. The van der Waals surface area contributed by atoms with Gasteiger partial charge in [-0.05, 0) is 36.3 Å². The average molecular weight is 200 g/mol. The van der Waals surface area contributed by atoms with Crippen LogP contribution in [0.25, 0.3) is 0 Å². The van der Waals surface area contributed by atoms with E-state index in [1.807, 2.05) is 6.07 Å². The highest BCUT2D eigenvalue weighted by molar-refractivity contribution is 5.42. The van der Waals surface area contributed by atoms with Crippen LogP contribution in [0.1, 0.15) is 30.9 Å². The van der Waals surface area contributed by atoms with Crippen LogP contribution in [0.15, 0.2) is 24.8 Å². The number of nitriles is 1. The summed E-state index contributed by atoms with van der Waals surface area (Å²) < 4.78 is 5.51. The van der Waals surface area contributed by atoms with Crippen molar-refractivity contribution in [2.45, 2.75) is 19.8 Å². The van der Waals surface area contributed by atoms with Crippen molar-refractivity contribution in [1.82, 2.24) is 0 Å². The van der Waals surface area contributed by atoms with Crippen LogP contribution < -0.4 is 4.74 Å². The lowest BCUT2D eigenvalue weighted by Gasteiger charge is -2.06. The van der Waals surface area contributed by atoms with E-state index in [9.17, 15) is 0 Å². The smallest absolute Gasteiger partial charge is 0.121 e. The van der Waals surface area contributed by atoms with E-state index in [2.05, 4.69) is 25.6 Å². The number of ether oxygens (including phenoxy) is 1. The Morgan fingerprint density at radius 1 is 1.33 bits per heavy atom. The zero-order valence-electron chi connectivity index (χ0n) is 8.92. The van der Waals surface area contributed by atoms with Crippen LogP contribution in [0.4, 0.5) is 0 Å². The van der Waals surface area contributed by atoms with E-state index >= 15 is 0 Å². The van der Waals surface area contributed by atoms with Crippen LogP contribution in [0, 0.1) is 17.4 Å². The Kier molecular flexibility index (Phi) is 4.43. The lowest BCUT2D eigenvalue weighted by Crippen LogP contribution is -1.97. The van der Waals surface area contributed by atoms with Crippen LogP contribution >= 0.6 is 0 Å². The van der Waals surface area contributed by atoms with Gasteiger partial charge in [0.15, 0.2) is 0 Å². The summed E-state index contributed by atoms with van der Waals surface area (Å²) in [6.07, 6.45) is 4.86. The predicted octanol–water partition coefficient (Wildman–Crippen LogP) is 3.07. The molecule has 0 aliphatic rings. The Bertz CT molecular complexity index is 377. The van der Waals surface area contributed by atoms with Crippen LogP contribution in [0.3, 0.4) is 0 Å². The van der Waals surface area contributed by atoms with E-state index in [0.29, 0.717) is 17.9 Å². The molecule has 1 aromatic carbocycles. The standard InChI is InChI=1S/C13H14NO/c1-3-5-6-15-13-8-11(4-2)7-12(9-13)10-14/h7-9H,2-3,5-6H2,1H3. The third-order valence-corrected chi connectivity index (χ3v) is 2.01. The Morgan fingerprint density at radius 3 is 2.67 bits per heavy atom. The maximum Gasteiger partial charge on any atom is 0.121 e. The van der Waals surface area contributed by atoms with Crippen molar-refractivity contribution in [1.29, 1.82) is 5.26 Å². The first-order chi connectivity index (χ1) is 7.30. The van der Waals surface area contributed by atoms with Gasteiger partial charge in [0.05, 0.1) is 18.2 Å². The molecule has 15 heavy (non-hydrogen) atoms. The van der Waals surface area contributed by atoms with Gasteiger partial charge in [-0.3, -0.25) is 0 Å². The second kappa shape index (κ2) is 5.87. The maximum absolute atomic E-state index is 8.80. The van der Waals surface area contributed by atoms with Gasteiger partial charge >= 0.3 is 0 Å². The topological polar surface area (TPSA) is 33.0 Å². The van der Waals surface area contributed by atoms with Crippen LogP contribution in [-0.4, -0.2) is 6.61 Å². The molecule has 1 aromatic rings. The van der Waals surface area contributed by atoms with E-state index in [0.717, 1.165) is 18.4 Å². The molecule has 0 bridgehead atoms. The highest BCUT2D eigenvalue weighted by atomic mass is 16.5. The molecule has 0 aliphatic carbocycles. The fourth-order valence-electron chi connectivity index (χ4n) is 1.18. The maximum atomic E-state index is 8.80. The summed E-state index contributed by atoms with van der Waals surface area (Å²) in [4.78, 5) is 0. The monoisotopic (exact) mass is 200 g/mol. The highest BCUT2D eigenvalue weighted by Crippen LogP contribution is 2.17. The van der Waals surface area contributed by atoms with E-state index in [4.69, 9.17) is 10.00 Å². The summed E-state index contributed by atoms with van der Waals surface area (Å²) in [5.74, 6) is 0.716. The molecule has 0 unspecified atom stereocenters. The molecule has 1 radical (unpaired) electrons. The molecule has 1 rings (SSSR count). The summed E-state index contributed by atoms with van der Waals surface area (Å²) in [6.45, 7) is 6.35. The minimum absolute atomic E-state index is 0.579. The SMILES string of the molecule is C=[C]c1cc(C#N)cc(OCCCC)c1. The minimum Gasteiger partial charge on any atom is -0.494 e. The minimum atomic E-state index is 0.579. The van der Waals surface area contributed by atoms with Crippen molar-refractivity contribution in [2.24, 2.45) is 0 Å². The number of hydrogen-bond acceptors (Lipinski definition) is 2. The van der Waals surface area contributed by atoms with Crippen molar-refractivity contribution in [3.63, 3.8) is 0 Å². The Morgan fingerprint density at radius 2 is 2.07 bits per heavy atom. The Balaban J connectivity index is 2.79. The molecule has 0 fully saturated rings. The first-order valence-electron chi connectivity index (χ1n) is 5.01. The van der Waals surface area contributed by atoms with Gasteiger partial charge in [-0.25, -0.2) is 0 Å². The third-order valence-electron chi connectivity index (χ3n) is 2.01. The lowest BCUT2D eigenvalue weighted by molar-refractivity contribution is 0.309. The number of nitrogens with zero attached hydrogens (tertiary/aromatic N) is 1. The fraction of sp³-hybridized carbons (Fsp3) is 0.308. The molecule has 0 heterocycles. The van der Waals surface area contributed by atoms with Crippen LogP contribution in [-0.2, 0) is 0 Å². The highest BCUT2D eigenvalue weighted by Gasteiger charge is 1.99. The summed E-state index contributed by atoms with van der Waals surface area (Å²) in [5, 5.41) is 8.80. The van der Waals surface area contributed by atoms with Gasteiger partial charge in [-0.2, -0.15) is 5.26 Å². The van der Waals surface area contributed by atoms with Crippen molar-refractivity contribution in [3.05, 3.63) is 42.0 Å². The largest absolute Gasteiger partial charge is 0.494 e. The molecular formula is C13H14NO. The number of unbranched alkanes of at least 4 members (excludes halogenated alkanes) is 1. The zero-order chi connectivity index (χ0) is 11.1. The molecule has 0 atom stereocenters. The summed E-state index contributed by atoms with van der Waals surface area (Å²) in [5.41, 5.74) is 1.37. The van der Waals surface area contributed by atoms with Crippen molar-refractivity contribution < 1.29 is 4.74 Å². The molecule has 0 spiro atoms. The molecule has 0 saturated heterocycles. The molecule has 2 heteroatoms. The van der Waals surface area contributed by atoms with Crippen molar-refractivity contribution >= 4 is 0 Å². The van der Waals surface area contributed by atoms with Gasteiger partial charge in [0.1, 0.15) is 5.75 Å². The van der Waals surface area contributed by atoms with Gasteiger partial charge in [0.25, 0.3) is 0 Å². The summed E-state index contributed by atoms with van der Waals surface area (Å²) >= 11 is 0. The van der Waals surface area contributed by atoms with Crippen LogP contribution in [0.2, 0.25) is 0 Å². The van der Waals surface area contributed by atoms with Gasteiger partial charge in [0.2, 0.25) is 0 Å². The number of rotatable bonds is 5. The molecular weight excluding hydrogens is 186 g/mol. The first kappa shape index (κ1) is 11.3. The molecule has 0 saturated carbocycles. The Labute approximate surface area is 90.8 Å². The molecule has 2 nitrogen and oxygen atoms in total. The summed E-state index contributed by atoms with van der Waals surface area (Å²) in [7, 11) is 0. The van der Waals surface area contributed by atoms with E-state index < -0.39 is 0 Å². The number of hydrogen-bond donors (Lipinski definition) is 0. The molecule has 0 N–H and O–H groups in total. The average Bonchev–Trinajstić information content (AvgIpc) is 2.29. The number of benzene rings is 1. The molecule has 0 aliphatic heterocycles. The summed E-state index contributed by atoms with van der Waals surface area (Å²) in [6, 6.07) is 7.39. The Hall–Kier alpha value is -1.75. The van der Waals surface area contributed by atoms with Gasteiger partial charge < -0.3 is 4.74 Å². The van der Waals surface area contributed by atoms with Gasteiger partial charge in [-0.1, -0.05) is 19.9 Å². The van der Waals surface area contributed by atoms with Crippen molar-refractivity contribution in [3.8, 4) is 11.8 Å². The second-order valence-corrected chi connectivity index (χ2v) is 3.24. The van der Waals surface area contributed by atoms with E-state index in [1.165, 1.54) is 0 Å². The molecule has 0 amide bonds. The van der Waals surface area contributed by atoms with E-state index in [-0.39, 0.29) is 0 Å². The van der Waals surface area contributed by atoms with Gasteiger partial charge in [0, 0.05) is 0 Å².